The quantitative estimate of drug-likeness (QED) is 0.637. The van der Waals surface area contributed by atoms with Crippen LogP contribution >= 0.6 is 0 Å². The average molecular weight is 171 g/mol. The third-order valence-electron chi connectivity index (χ3n) is 3.06. The van der Waals surface area contributed by atoms with E-state index >= 15 is 0 Å². The summed E-state index contributed by atoms with van der Waals surface area (Å²) in [5.74, 6) is 0.276. The van der Waals surface area contributed by atoms with Crippen molar-refractivity contribution in [1.82, 2.24) is 0 Å². The molecule has 3 heteroatoms. The first kappa shape index (κ1) is 8.48. The van der Waals surface area contributed by atoms with E-state index in [2.05, 4.69) is 6.92 Å². The summed E-state index contributed by atoms with van der Waals surface area (Å²) < 4.78 is 11.5. The molecule has 0 radical (unpaired) electrons. The van der Waals surface area contributed by atoms with Gasteiger partial charge in [-0.15, -0.1) is 0 Å². The molecule has 12 heavy (non-hydrogen) atoms. The molecule has 2 N–H and O–H groups in total. The first-order valence-electron chi connectivity index (χ1n) is 4.79. The van der Waals surface area contributed by atoms with Crippen molar-refractivity contribution in [2.75, 3.05) is 13.2 Å². The molecule has 3 nitrogen and oxygen atoms in total. The van der Waals surface area contributed by atoms with Crippen LogP contribution in [0.1, 0.15) is 26.2 Å². The Bertz CT molecular complexity index is 174. The topological polar surface area (TPSA) is 44.5 Å². The van der Waals surface area contributed by atoms with Crippen LogP contribution < -0.4 is 5.73 Å². The maximum absolute atomic E-state index is 5.82. The van der Waals surface area contributed by atoms with Gasteiger partial charge in [-0.25, -0.2) is 0 Å². The molecule has 0 aromatic heterocycles. The number of hydrogen-bond acceptors (Lipinski definition) is 3. The summed E-state index contributed by atoms with van der Waals surface area (Å²) in [4.78, 5) is 0. The van der Waals surface area contributed by atoms with Crippen molar-refractivity contribution in [3.05, 3.63) is 0 Å². The monoisotopic (exact) mass is 171 g/mol. The molecule has 1 aliphatic carbocycles. The number of ether oxygens (including phenoxy) is 2. The van der Waals surface area contributed by atoms with Crippen molar-refractivity contribution in [3.8, 4) is 0 Å². The molecule has 2 rings (SSSR count). The maximum atomic E-state index is 5.82. The summed E-state index contributed by atoms with van der Waals surface area (Å²) in [5.41, 5.74) is 5.53. The summed E-state index contributed by atoms with van der Waals surface area (Å²) in [7, 11) is 0. The Morgan fingerprint density at radius 2 is 2.42 bits per heavy atom. The fraction of sp³-hybridized carbons (Fsp3) is 1.00. The van der Waals surface area contributed by atoms with Crippen molar-refractivity contribution in [3.63, 3.8) is 0 Å². The Morgan fingerprint density at radius 1 is 1.58 bits per heavy atom. The highest BCUT2D eigenvalue weighted by atomic mass is 16.7. The van der Waals surface area contributed by atoms with Gasteiger partial charge < -0.3 is 15.2 Å². The van der Waals surface area contributed by atoms with Crippen molar-refractivity contribution in [1.29, 1.82) is 0 Å². The van der Waals surface area contributed by atoms with Crippen molar-refractivity contribution in [2.24, 2.45) is 11.7 Å². The van der Waals surface area contributed by atoms with E-state index in [-0.39, 0.29) is 11.9 Å². The predicted molar refractivity (Wildman–Crippen MR) is 45.6 cm³/mol. The lowest BCUT2D eigenvalue weighted by atomic mass is 10.1. The van der Waals surface area contributed by atoms with E-state index in [1.165, 1.54) is 12.8 Å². The molecule has 0 amide bonds. The largest absolute Gasteiger partial charge is 0.347 e. The maximum Gasteiger partial charge on any atom is 0.171 e. The van der Waals surface area contributed by atoms with E-state index in [0.29, 0.717) is 19.1 Å². The van der Waals surface area contributed by atoms with Gasteiger partial charge in [-0.1, -0.05) is 6.92 Å². The van der Waals surface area contributed by atoms with Crippen LogP contribution in [0.2, 0.25) is 0 Å². The summed E-state index contributed by atoms with van der Waals surface area (Å²) >= 11 is 0. The third kappa shape index (κ3) is 1.16. The summed E-state index contributed by atoms with van der Waals surface area (Å²) in [6.07, 6.45) is 3.62. The zero-order valence-corrected chi connectivity index (χ0v) is 7.58. The van der Waals surface area contributed by atoms with Crippen LogP contribution in [0.25, 0.3) is 0 Å². The molecular formula is C9H17NO2. The fourth-order valence-corrected chi connectivity index (χ4v) is 2.21. The highest BCUT2D eigenvalue weighted by Crippen LogP contribution is 2.43. The number of nitrogens with two attached hydrogens (primary N) is 1. The van der Waals surface area contributed by atoms with Gasteiger partial charge in [0.05, 0.1) is 12.7 Å². The third-order valence-corrected chi connectivity index (χ3v) is 3.06. The Labute approximate surface area is 73.2 Å². The lowest BCUT2D eigenvalue weighted by molar-refractivity contribution is -0.186. The number of hydrogen-bond donors (Lipinski definition) is 1. The summed E-state index contributed by atoms with van der Waals surface area (Å²) in [5, 5.41) is 0. The van der Waals surface area contributed by atoms with Crippen LogP contribution in [-0.2, 0) is 9.47 Å². The molecule has 0 bridgehead atoms. The van der Waals surface area contributed by atoms with E-state index in [1.807, 2.05) is 0 Å². The smallest absolute Gasteiger partial charge is 0.171 e. The van der Waals surface area contributed by atoms with Gasteiger partial charge in [0.15, 0.2) is 5.79 Å². The zero-order valence-electron chi connectivity index (χ0n) is 7.58. The highest BCUT2D eigenvalue weighted by Gasteiger charge is 2.48. The van der Waals surface area contributed by atoms with Gasteiger partial charge >= 0.3 is 0 Å². The Balaban J connectivity index is 2.04. The van der Waals surface area contributed by atoms with Gasteiger partial charge in [-0.05, 0) is 12.8 Å². The molecule has 1 spiro atoms. The molecule has 70 valence electrons. The zero-order chi connectivity index (χ0) is 8.60. The minimum atomic E-state index is -0.260. The van der Waals surface area contributed by atoms with Crippen LogP contribution in [0, 0.1) is 5.92 Å². The van der Waals surface area contributed by atoms with Crippen molar-refractivity contribution in [2.45, 2.75) is 38.1 Å². The molecule has 0 aromatic rings. The molecule has 1 aliphatic heterocycles. The first-order valence-corrected chi connectivity index (χ1v) is 4.79. The highest BCUT2D eigenvalue weighted by molar-refractivity contribution is 4.89. The standard InChI is InChI=1S/C9H17NO2/c1-7-3-2-4-9(7)11-6-8(5-10)12-9/h7-8H,2-6,10H2,1H3. The van der Waals surface area contributed by atoms with Crippen LogP contribution in [0.4, 0.5) is 0 Å². The molecule has 0 aromatic carbocycles. The van der Waals surface area contributed by atoms with Crippen molar-refractivity contribution >= 4 is 0 Å². The normalized spacial score (nSPS) is 47.5. The predicted octanol–water partition coefficient (Wildman–Crippen LogP) is 0.877. The number of rotatable bonds is 1. The SMILES string of the molecule is CC1CCCC12OCC(CN)O2. The molecule has 1 saturated carbocycles. The second kappa shape index (κ2) is 2.98. The average Bonchev–Trinajstić information content (AvgIpc) is 2.63. The summed E-state index contributed by atoms with van der Waals surface area (Å²) in [6, 6.07) is 0. The van der Waals surface area contributed by atoms with Gasteiger partial charge in [0.2, 0.25) is 0 Å². The van der Waals surface area contributed by atoms with E-state index < -0.39 is 0 Å². The molecule has 3 atom stereocenters. The minimum absolute atomic E-state index is 0.130. The second-order valence-corrected chi connectivity index (χ2v) is 3.89. The molecular weight excluding hydrogens is 154 g/mol. The second-order valence-electron chi connectivity index (χ2n) is 3.89. The van der Waals surface area contributed by atoms with Gasteiger partial charge in [0.25, 0.3) is 0 Å². The van der Waals surface area contributed by atoms with Crippen LogP contribution in [0.5, 0.6) is 0 Å². The van der Waals surface area contributed by atoms with Crippen molar-refractivity contribution < 1.29 is 9.47 Å². The Hall–Kier alpha value is -0.120. The van der Waals surface area contributed by atoms with E-state index in [9.17, 15) is 0 Å². The van der Waals surface area contributed by atoms with Gasteiger partial charge in [-0.2, -0.15) is 0 Å². The molecule has 2 fully saturated rings. The Morgan fingerprint density at radius 3 is 2.92 bits per heavy atom. The molecule has 3 unspecified atom stereocenters. The van der Waals surface area contributed by atoms with E-state index in [4.69, 9.17) is 15.2 Å². The molecule has 1 saturated heterocycles. The minimum Gasteiger partial charge on any atom is -0.347 e. The molecule has 2 aliphatic rings. The van der Waals surface area contributed by atoms with Gasteiger partial charge in [0, 0.05) is 18.9 Å². The lowest BCUT2D eigenvalue weighted by Gasteiger charge is -2.27. The van der Waals surface area contributed by atoms with E-state index in [0.717, 1.165) is 6.42 Å². The van der Waals surface area contributed by atoms with Gasteiger partial charge in [0.1, 0.15) is 0 Å². The first-order chi connectivity index (χ1) is 5.77. The molecule has 1 heterocycles. The van der Waals surface area contributed by atoms with Crippen LogP contribution in [-0.4, -0.2) is 25.0 Å². The van der Waals surface area contributed by atoms with Crippen LogP contribution in [0.3, 0.4) is 0 Å². The summed E-state index contributed by atoms with van der Waals surface area (Å²) in [6.45, 7) is 3.46. The Kier molecular flexibility index (Phi) is 2.10. The van der Waals surface area contributed by atoms with E-state index in [1.54, 1.807) is 0 Å². The fourth-order valence-electron chi connectivity index (χ4n) is 2.21. The van der Waals surface area contributed by atoms with Gasteiger partial charge in [-0.3, -0.25) is 0 Å². The lowest BCUT2D eigenvalue weighted by Crippen LogP contribution is -2.34. The van der Waals surface area contributed by atoms with Crippen LogP contribution in [0.15, 0.2) is 0 Å².